The summed E-state index contributed by atoms with van der Waals surface area (Å²) < 4.78 is 0. The molecule has 1 nitrogen and oxygen atoms in total. The smallest absolute Gasteiger partial charge is 1.00 e. The summed E-state index contributed by atoms with van der Waals surface area (Å²) in [6.45, 7) is 0. The molecule has 0 aromatic rings. The zero-order chi connectivity index (χ0) is 0. The fourth-order valence-corrected chi connectivity index (χ4v) is 0. The van der Waals surface area contributed by atoms with E-state index >= 15 is 0 Å². The van der Waals surface area contributed by atoms with Gasteiger partial charge in [-0.2, -0.15) is 0 Å². The molecule has 0 spiro atoms. The summed E-state index contributed by atoms with van der Waals surface area (Å²) in [4.78, 5) is 0. The van der Waals surface area contributed by atoms with Crippen molar-refractivity contribution in [2.24, 2.45) is 0 Å². The van der Waals surface area contributed by atoms with Gasteiger partial charge in [-0.1, -0.05) is 0 Å². The van der Waals surface area contributed by atoms with Crippen LogP contribution < -0.4 is 51.4 Å². The minimum atomic E-state index is 0. The van der Waals surface area contributed by atoms with Crippen LogP contribution in [0.25, 0.3) is 0 Å². The molecule has 0 aromatic carbocycles. The second-order valence-electron chi connectivity index (χ2n) is 0. The molecule has 0 rings (SSSR count). The molecule has 0 bridgehead atoms. The first-order valence-electron chi connectivity index (χ1n) is 0. The van der Waals surface area contributed by atoms with Crippen LogP contribution in [-0.4, -0.2) is 66.3 Å². The molecule has 4 heavy (non-hydrogen) atoms. The molecule has 4 heteroatoms. The molecule has 18 valence electrons. The Balaban J connectivity index is 0. The molecule has 0 atom stereocenters. The third-order valence-electron chi connectivity index (χ3n) is 0. The number of rotatable bonds is 0. The van der Waals surface area contributed by atoms with Crippen molar-refractivity contribution in [3.63, 3.8) is 0 Å². The van der Waals surface area contributed by atoms with Gasteiger partial charge < -0.3 is 12.6 Å². The summed E-state index contributed by atoms with van der Waals surface area (Å²) in [5.41, 5.74) is 0. The van der Waals surface area contributed by atoms with Crippen LogP contribution in [-0.2, 0) is 0 Å². The van der Waals surface area contributed by atoms with Gasteiger partial charge in [-0.15, -0.1) is 0 Å². The maximum absolute atomic E-state index is 0. The maximum Gasteiger partial charge on any atom is 2.00 e. The van der Waals surface area contributed by atoms with E-state index < -0.39 is 0 Å². The fourth-order valence-electron chi connectivity index (χ4n) is 0. The van der Waals surface area contributed by atoms with Crippen molar-refractivity contribution in [3.8, 4) is 0 Å². The van der Waals surface area contributed by atoms with E-state index in [0.29, 0.717) is 0 Å². The van der Waals surface area contributed by atoms with E-state index in [9.17, 15) is 0 Å². The summed E-state index contributed by atoms with van der Waals surface area (Å²) in [6.07, 6.45) is 0. The van der Waals surface area contributed by atoms with Gasteiger partial charge in [0, 0.05) is 0 Å². The first kappa shape index (κ1) is 25.5. The van der Waals surface area contributed by atoms with Crippen LogP contribution in [0.3, 0.4) is 0 Å². The van der Waals surface area contributed by atoms with Crippen molar-refractivity contribution in [1.82, 2.24) is 0 Å². The standard InChI is InChI=1S/Ca.K.Mg.H2O.5H/h;;;1H2;;;;;/q+2;+1;+2;;5*-1. The Bertz CT molecular complexity index is 16.9. The van der Waals surface area contributed by atoms with Crippen LogP contribution >= 0.6 is 0 Å². The Morgan fingerprint density at radius 3 is 1.25 bits per heavy atom. The molecule has 0 amide bonds. The third-order valence-corrected chi connectivity index (χ3v) is 0. The average Bonchev–Trinajstić information content (AvgIpc) is 0. The Hall–Kier alpha value is 3.62. The molecule has 0 aliphatic rings. The molecule has 0 saturated heterocycles. The average molecular weight is 127 g/mol. The van der Waals surface area contributed by atoms with Crippen molar-refractivity contribution >= 4 is 60.8 Å². The zero-order valence-corrected chi connectivity index (χ0v) is 9.66. The van der Waals surface area contributed by atoms with Gasteiger partial charge in [0.2, 0.25) is 0 Å². The van der Waals surface area contributed by atoms with E-state index in [2.05, 4.69) is 0 Å². The molecule has 0 heterocycles. The summed E-state index contributed by atoms with van der Waals surface area (Å²) in [5, 5.41) is 0. The van der Waals surface area contributed by atoms with Crippen LogP contribution in [0, 0.1) is 0 Å². The van der Waals surface area contributed by atoms with Crippen LogP contribution in [0.4, 0.5) is 0 Å². The van der Waals surface area contributed by atoms with Gasteiger partial charge in [0.15, 0.2) is 0 Å². The van der Waals surface area contributed by atoms with Gasteiger partial charge in [0.05, 0.1) is 0 Å². The molecule has 0 saturated carbocycles. The van der Waals surface area contributed by atoms with E-state index in [1.54, 1.807) is 0 Å². The van der Waals surface area contributed by atoms with Crippen molar-refractivity contribution in [2.75, 3.05) is 0 Å². The molecule has 0 unspecified atom stereocenters. The molecule has 2 N–H and O–H groups in total. The van der Waals surface area contributed by atoms with Crippen molar-refractivity contribution in [2.45, 2.75) is 0 Å². The minimum absolute atomic E-state index is 0. The summed E-state index contributed by atoms with van der Waals surface area (Å²) in [5.74, 6) is 0. The number of hydrogen-bond acceptors (Lipinski definition) is 0. The van der Waals surface area contributed by atoms with E-state index in [1.165, 1.54) is 0 Å². The van der Waals surface area contributed by atoms with Crippen molar-refractivity contribution < 1.29 is 64.0 Å². The van der Waals surface area contributed by atoms with Gasteiger partial charge in [0.25, 0.3) is 0 Å². The van der Waals surface area contributed by atoms with E-state index in [1.807, 2.05) is 0 Å². The molecular weight excluding hydrogens is 119 g/mol. The van der Waals surface area contributed by atoms with Crippen molar-refractivity contribution in [1.29, 1.82) is 0 Å². The molecule has 0 aliphatic heterocycles. The van der Waals surface area contributed by atoms with Gasteiger partial charge in [-0.05, 0) is 0 Å². The van der Waals surface area contributed by atoms with Crippen LogP contribution in [0.15, 0.2) is 0 Å². The Labute approximate surface area is 122 Å². The van der Waals surface area contributed by atoms with Gasteiger partial charge >= 0.3 is 112 Å². The normalized spacial score (nSPS) is 0. The van der Waals surface area contributed by atoms with E-state index in [-0.39, 0.29) is 125 Å². The van der Waals surface area contributed by atoms with Gasteiger partial charge in [-0.3, -0.25) is 0 Å². The third kappa shape index (κ3) is 9.16. The van der Waals surface area contributed by atoms with E-state index in [0.717, 1.165) is 0 Å². The molecule has 0 aliphatic carbocycles. The quantitative estimate of drug-likeness (QED) is 0.296. The van der Waals surface area contributed by atoms with Gasteiger partial charge in [0.1, 0.15) is 0 Å². The second-order valence-corrected chi connectivity index (χ2v) is 0. The zero-order valence-electron chi connectivity index (χ0n) is 7.91. The van der Waals surface area contributed by atoms with Crippen LogP contribution in [0.5, 0.6) is 0 Å². The Morgan fingerprint density at radius 1 is 1.25 bits per heavy atom. The number of hydrogen-bond donors (Lipinski definition) is 0. The summed E-state index contributed by atoms with van der Waals surface area (Å²) in [7, 11) is 0. The van der Waals surface area contributed by atoms with Gasteiger partial charge in [-0.25, -0.2) is 0 Å². The first-order valence-corrected chi connectivity index (χ1v) is 0. The first-order chi connectivity index (χ1) is 0. The monoisotopic (exact) mass is 126 g/mol. The molecule has 0 radical (unpaired) electrons. The van der Waals surface area contributed by atoms with Crippen molar-refractivity contribution in [3.05, 3.63) is 0 Å². The Kier molecular flexibility index (Phi) is 102. The molecular formula is H7CaKMgO. The van der Waals surface area contributed by atoms with E-state index in [4.69, 9.17) is 0 Å². The summed E-state index contributed by atoms with van der Waals surface area (Å²) >= 11 is 0. The molecule has 0 fully saturated rings. The van der Waals surface area contributed by atoms with Crippen LogP contribution in [0.2, 0.25) is 0 Å². The summed E-state index contributed by atoms with van der Waals surface area (Å²) in [6, 6.07) is 0. The minimum Gasteiger partial charge on any atom is -1.00 e. The predicted octanol–water partition coefficient (Wildman–Crippen LogP) is -4.02. The SMILES string of the molecule is O.[Ca+2].[H-].[H-].[H-].[H-].[H-].[K+].[Mg+2]. The molecule has 0 aromatic heterocycles. The Morgan fingerprint density at radius 2 is 1.25 bits per heavy atom. The maximum atomic E-state index is 0. The second kappa shape index (κ2) is 16.0. The predicted molar refractivity (Wildman–Crippen MR) is 20.7 cm³/mol. The largest absolute Gasteiger partial charge is 2.00 e. The fraction of sp³-hybridized carbons (Fsp3) is 0. The topological polar surface area (TPSA) is 31.5 Å². The van der Waals surface area contributed by atoms with Crippen LogP contribution in [0.1, 0.15) is 7.13 Å².